The third kappa shape index (κ3) is 3.74. The number of nitrogens with two attached hydrogens (primary N) is 1. The van der Waals surface area contributed by atoms with Gasteiger partial charge in [-0.3, -0.25) is 9.59 Å². The van der Waals surface area contributed by atoms with Crippen LogP contribution < -0.4 is 16.4 Å². The summed E-state index contributed by atoms with van der Waals surface area (Å²) in [6, 6.07) is 3.29. The number of rotatable bonds is 5. The van der Waals surface area contributed by atoms with Gasteiger partial charge in [-0.2, -0.15) is 0 Å². The quantitative estimate of drug-likeness (QED) is 0.631. The second-order valence-corrected chi connectivity index (χ2v) is 3.29. The molecule has 0 spiro atoms. The highest BCUT2D eigenvalue weighted by molar-refractivity contribution is 5.85. The molecule has 1 atom stereocenters. The van der Waals surface area contributed by atoms with E-state index in [4.69, 9.17) is 10.2 Å². The van der Waals surface area contributed by atoms with Gasteiger partial charge in [0, 0.05) is 0 Å². The summed E-state index contributed by atoms with van der Waals surface area (Å²) >= 11 is 0. The lowest BCUT2D eigenvalue weighted by atomic mass is 10.2. The van der Waals surface area contributed by atoms with E-state index in [1.165, 1.54) is 6.26 Å². The maximum atomic E-state index is 11.4. The van der Waals surface area contributed by atoms with E-state index in [1.807, 2.05) is 0 Å². The van der Waals surface area contributed by atoms with Gasteiger partial charge in [0.15, 0.2) is 0 Å². The Balaban J connectivity index is 2.32. The number of nitrogens with one attached hydrogen (secondary N) is 2. The van der Waals surface area contributed by atoms with Crippen LogP contribution in [0.1, 0.15) is 18.7 Å². The molecule has 0 aliphatic rings. The number of hydrogen-bond donors (Lipinski definition) is 3. The second-order valence-electron chi connectivity index (χ2n) is 3.29. The molecule has 0 saturated heterocycles. The Morgan fingerprint density at radius 1 is 1.50 bits per heavy atom. The molecule has 4 N–H and O–H groups in total. The van der Waals surface area contributed by atoms with Crippen molar-refractivity contribution < 1.29 is 14.0 Å². The highest BCUT2D eigenvalue weighted by Gasteiger charge is 2.11. The molecule has 0 aliphatic heterocycles. The minimum absolute atomic E-state index is 0.0823. The van der Waals surface area contributed by atoms with Gasteiger partial charge in [0.2, 0.25) is 11.8 Å². The largest absolute Gasteiger partial charge is 0.467 e. The molecule has 6 nitrogen and oxygen atoms in total. The van der Waals surface area contributed by atoms with Crippen LogP contribution in [0.2, 0.25) is 0 Å². The fraction of sp³-hybridized carbons (Fsp3) is 0.400. The molecular weight excluding hydrogens is 210 g/mol. The monoisotopic (exact) mass is 225 g/mol. The molecule has 2 amide bonds. The van der Waals surface area contributed by atoms with Crippen LogP contribution in [0.3, 0.4) is 0 Å². The molecule has 0 fully saturated rings. The fourth-order valence-corrected chi connectivity index (χ4v) is 1.15. The molecule has 1 aromatic heterocycles. The van der Waals surface area contributed by atoms with Crippen molar-refractivity contribution in [1.29, 1.82) is 0 Å². The number of carbonyl (C=O) groups excluding carboxylic acids is 2. The van der Waals surface area contributed by atoms with Gasteiger partial charge < -0.3 is 20.8 Å². The Bertz CT molecular complexity index is 348. The zero-order chi connectivity index (χ0) is 12.0. The SMILES string of the molecule is CC(NC(=O)CNC(=O)CN)c1ccco1. The van der Waals surface area contributed by atoms with Gasteiger partial charge in [-0.25, -0.2) is 0 Å². The zero-order valence-electron chi connectivity index (χ0n) is 9.03. The predicted octanol–water partition coefficient (Wildman–Crippen LogP) is -0.468. The van der Waals surface area contributed by atoms with Gasteiger partial charge >= 0.3 is 0 Å². The van der Waals surface area contributed by atoms with E-state index < -0.39 is 0 Å². The third-order valence-corrected chi connectivity index (χ3v) is 1.98. The lowest BCUT2D eigenvalue weighted by Gasteiger charge is -2.11. The first kappa shape index (κ1) is 12.3. The molecule has 1 heterocycles. The minimum atomic E-state index is -0.360. The lowest BCUT2D eigenvalue weighted by Crippen LogP contribution is -2.40. The second kappa shape index (κ2) is 5.92. The highest BCUT2D eigenvalue weighted by atomic mass is 16.3. The van der Waals surface area contributed by atoms with Gasteiger partial charge in [0.25, 0.3) is 0 Å². The predicted molar refractivity (Wildman–Crippen MR) is 57.3 cm³/mol. The van der Waals surface area contributed by atoms with Crippen molar-refractivity contribution in [2.45, 2.75) is 13.0 Å². The van der Waals surface area contributed by atoms with Crippen molar-refractivity contribution in [3.63, 3.8) is 0 Å². The third-order valence-electron chi connectivity index (χ3n) is 1.98. The number of hydrogen-bond acceptors (Lipinski definition) is 4. The summed E-state index contributed by atoms with van der Waals surface area (Å²) in [4.78, 5) is 22.2. The summed E-state index contributed by atoms with van der Waals surface area (Å²) < 4.78 is 5.12. The smallest absolute Gasteiger partial charge is 0.239 e. The molecular formula is C10H15N3O3. The lowest BCUT2D eigenvalue weighted by molar-refractivity contribution is -0.125. The van der Waals surface area contributed by atoms with Crippen LogP contribution in [0, 0.1) is 0 Å². The van der Waals surface area contributed by atoms with Gasteiger partial charge in [-0.05, 0) is 19.1 Å². The summed E-state index contributed by atoms with van der Waals surface area (Å²) in [6.45, 7) is 1.59. The van der Waals surface area contributed by atoms with Crippen LogP contribution in [-0.2, 0) is 9.59 Å². The van der Waals surface area contributed by atoms with E-state index in [-0.39, 0.29) is 30.9 Å². The first-order valence-corrected chi connectivity index (χ1v) is 4.93. The Hall–Kier alpha value is -1.82. The van der Waals surface area contributed by atoms with Crippen molar-refractivity contribution in [2.24, 2.45) is 5.73 Å². The van der Waals surface area contributed by atoms with Crippen molar-refractivity contribution in [1.82, 2.24) is 10.6 Å². The summed E-state index contributed by atoms with van der Waals surface area (Å²) in [5.74, 6) is 0.0185. The number of furan rings is 1. The minimum Gasteiger partial charge on any atom is -0.467 e. The van der Waals surface area contributed by atoms with Gasteiger partial charge in [0.1, 0.15) is 5.76 Å². The zero-order valence-corrected chi connectivity index (χ0v) is 9.03. The maximum Gasteiger partial charge on any atom is 0.239 e. The van der Waals surface area contributed by atoms with E-state index in [2.05, 4.69) is 10.6 Å². The van der Waals surface area contributed by atoms with E-state index in [0.717, 1.165) is 0 Å². The molecule has 0 bridgehead atoms. The molecule has 0 radical (unpaired) electrons. The van der Waals surface area contributed by atoms with Crippen molar-refractivity contribution in [2.75, 3.05) is 13.1 Å². The van der Waals surface area contributed by atoms with Crippen LogP contribution in [0.5, 0.6) is 0 Å². The normalized spacial score (nSPS) is 11.9. The molecule has 0 saturated carbocycles. The first-order chi connectivity index (χ1) is 7.63. The molecule has 16 heavy (non-hydrogen) atoms. The van der Waals surface area contributed by atoms with Crippen LogP contribution in [0.25, 0.3) is 0 Å². The molecule has 6 heteroatoms. The average Bonchev–Trinajstić information content (AvgIpc) is 2.79. The maximum absolute atomic E-state index is 11.4. The molecule has 88 valence electrons. The Labute approximate surface area is 93.2 Å². The van der Waals surface area contributed by atoms with Crippen molar-refractivity contribution in [3.8, 4) is 0 Å². The van der Waals surface area contributed by atoms with Crippen LogP contribution in [0.15, 0.2) is 22.8 Å². The molecule has 1 rings (SSSR count). The van der Waals surface area contributed by atoms with E-state index in [1.54, 1.807) is 19.1 Å². The Morgan fingerprint density at radius 3 is 2.81 bits per heavy atom. The summed E-state index contributed by atoms with van der Waals surface area (Å²) in [5.41, 5.74) is 5.08. The Kier molecular flexibility index (Phi) is 4.53. The highest BCUT2D eigenvalue weighted by Crippen LogP contribution is 2.11. The first-order valence-electron chi connectivity index (χ1n) is 4.93. The Morgan fingerprint density at radius 2 is 2.25 bits per heavy atom. The van der Waals surface area contributed by atoms with Crippen LogP contribution in [-0.4, -0.2) is 24.9 Å². The molecule has 1 unspecified atom stereocenters. The van der Waals surface area contributed by atoms with Gasteiger partial charge in [-0.1, -0.05) is 0 Å². The number of amides is 2. The summed E-state index contributed by atoms with van der Waals surface area (Å²) in [5, 5.41) is 5.05. The molecule has 0 aliphatic carbocycles. The average molecular weight is 225 g/mol. The van der Waals surface area contributed by atoms with Gasteiger partial charge in [0.05, 0.1) is 25.4 Å². The van der Waals surface area contributed by atoms with E-state index >= 15 is 0 Å². The number of carbonyl (C=O) groups is 2. The summed E-state index contributed by atoms with van der Waals surface area (Å²) in [6.07, 6.45) is 1.54. The van der Waals surface area contributed by atoms with Crippen molar-refractivity contribution >= 4 is 11.8 Å². The summed E-state index contributed by atoms with van der Waals surface area (Å²) in [7, 11) is 0. The van der Waals surface area contributed by atoms with E-state index in [0.29, 0.717) is 5.76 Å². The molecule has 0 aromatic carbocycles. The fourth-order valence-electron chi connectivity index (χ4n) is 1.15. The topological polar surface area (TPSA) is 97.4 Å². The molecule has 1 aromatic rings. The van der Waals surface area contributed by atoms with Crippen molar-refractivity contribution in [3.05, 3.63) is 24.2 Å². The van der Waals surface area contributed by atoms with E-state index in [9.17, 15) is 9.59 Å². The standard InChI is InChI=1S/C10H15N3O3/c1-7(8-3-2-4-16-8)13-10(15)6-12-9(14)5-11/h2-4,7H,5-6,11H2,1H3,(H,12,14)(H,13,15). The van der Waals surface area contributed by atoms with Gasteiger partial charge in [-0.15, -0.1) is 0 Å². The van der Waals surface area contributed by atoms with Crippen LogP contribution >= 0.6 is 0 Å². The van der Waals surface area contributed by atoms with Crippen LogP contribution in [0.4, 0.5) is 0 Å².